The summed E-state index contributed by atoms with van der Waals surface area (Å²) in [6, 6.07) is 1.81. The zero-order valence-corrected chi connectivity index (χ0v) is 13.1. The molecule has 20 heavy (non-hydrogen) atoms. The van der Waals surface area contributed by atoms with Gasteiger partial charge in [0, 0.05) is 29.0 Å². The third-order valence-corrected chi connectivity index (χ3v) is 5.72. The highest BCUT2D eigenvalue weighted by Crippen LogP contribution is 2.35. The van der Waals surface area contributed by atoms with E-state index in [0.29, 0.717) is 10.6 Å². The van der Waals surface area contributed by atoms with E-state index in [1.54, 1.807) is 12.3 Å². The Kier molecular flexibility index (Phi) is 3.33. The minimum atomic E-state index is 0.0128. The van der Waals surface area contributed by atoms with Crippen LogP contribution in [-0.4, -0.2) is 44.6 Å². The first-order valence-corrected chi connectivity index (χ1v) is 8.21. The van der Waals surface area contributed by atoms with Gasteiger partial charge in [-0.15, -0.1) is 16.4 Å². The number of amides is 1. The first-order chi connectivity index (χ1) is 9.48. The molecular weight excluding hydrogens is 292 g/mol. The molecule has 0 atom stereocenters. The summed E-state index contributed by atoms with van der Waals surface area (Å²) in [4.78, 5) is 15.9. The van der Waals surface area contributed by atoms with E-state index >= 15 is 0 Å². The van der Waals surface area contributed by atoms with Crippen LogP contribution in [0.15, 0.2) is 12.3 Å². The van der Waals surface area contributed by atoms with E-state index < -0.39 is 0 Å². The number of carbonyl (C=O) groups excluding carboxylic acids is 1. The molecule has 2 aromatic heterocycles. The Labute approximate surface area is 125 Å². The van der Waals surface area contributed by atoms with Crippen LogP contribution in [0, 0.1) is 0 Å². The second-order valence-electron chi connectivity index (χ2n) is 5.43. The second-order valence-corrected chi connectivity index (χ2v) is 8.23. The van der Waals surface area contributed by atoms with E-state index in [0.717, 1.165) is 29.1 Å². The van der Waals surface area contributed by atoms with Gasteiger partial charge >= 0.3 is 0 Å². The molecule has 3 rings (SSSR count). The first-order valence-electron chi connectivity index (χ1n) is 6.41. The van der Waals surface area contributed by atoms with Gasteiger partial charge in [-0.1, -0.05) is 0 Å². The fraction of sp³-hybridized carbons (Fsp3) is 0.462. The van der Waals surface area contributed by atoms with Crippen LogP contribution < -0.4 is 5.73 Å². The summed E-state index contributed by atoms with van der Waals surface area (Å²) in [6.07, 6.45) is 1.60. The van der Waals surface area contributed by atoms with Crippen molar-refractivity contribution in [2.24, 2.45) is 0 Å². The van der Waals surface area contributed by atoms with Crippen LogP contribution in [0.4, 0.5) is 5.69 Å². The summed E-state index contributed by atoms with van der Waals surface area (Å²) in [6.45, 7) is 5.84. The lowest BCUT2D eigenvalue weighted by Gasteiger charge is -2.37. The lowest BCUT2D eigenvalue weighted by Crippen LogP contribution is -2.46. The summed E-state index contributed by atoms with van der Waals surface area (Å²) >= 11 is 3.23. The number of fused-ring (bicyclic) bond motifs is 1. The Hall–Kier alpha value is -1.34. The summed E-state index contributed by atoms with van der Waals surface area (Å²) < 4.78 is 0.0964. The van der Waals surface area contributed by atoms with Gasteiger partial charge in [-0.2, -0.15) is 16.9 Å². The van der Waals surface area contributed by atoms with Crippen molar-refractivity contribution in [3.05, 3.63) is 17.1 Å². The smallest absolute Gasteiger partial charge is 0.266 e. The highest BCUT2D eigenvalue weighted by molar-refractivity contribution is 8.00. The van der Waals surface area contributed by atoms with E-state index in [1.807, 2.05) is 16.7 Å². The van der Waals surface area contributed by atoms with E-state index in [4.69, 9.17) is 5.73 Å². The highest BCUT2D eigenvalue weighted by Gasteiger charge is 2.32. The number of nitrogens with two attached hydrogens (primary N) is 1. The van der Waals surface area contributed by atoms with E-state index in [2.05, 4.69) is 24.0 Å². The van der Waals surface area contributed by atoms with Gasteiger partial charge in [-0.25, -0.2) is 0 Å². The van der Waals surface area contributed by atoms with Crippen LogP contribution in [0.2, 0.25) is 0 Å². The topological polar surface area (TPSA) is 72.1 Å². The lowest BCUT2D eigenvalue weighted by atomic mass is 10.1. The van der Waals surface area contributed by atoms with Crippen molar-refractivity contribution >= 4 is 44.9 Å². The summed E-state index contributed by atoms with van der Waals surface area (Å²) in [5.41, 5.74) is 6.63. The van der Waals surface area contributed by atoms with Crippen LogP contribution in [0.5, 0.6) is 0 Å². The number of nitrogens with zero attached hydrogens (tertiary/aromatic N) is 3. The molecule has 0 radical (unpaired) electrons. The molecule has 7 heteroatoms. The van der Waals surface area contributed by atoms with Crippen LogP contribution in [-0.2, 0) is 0 Å². The van der Waals surface area contributed by atoms with Crippen LogP contribution in [0.1, 0.15) is 23.5 Å². The summed E-state index contributed by atoms with van der Waals surface area (Å²) in [5.74, 6) is 0.974. The Morgan fingerprint density at radius 1 is 1.50 bits per heavy atom. The molecule has 0 bridgehead atoms. The molecule has 0 aromatic carbocycles. The SMILES string of the molecule is CC1(C)CN(C(=O)c2sc3nnccc3c2N)CCS1. The van der Waals surface area contributed by atoms with Gasteiger partial charge in [-0.3, -0.25) is 4.79 Å². The summed E-state index contributed by atoms with van der Waals surface area (Å²) in [7, 11) is 0. The highest BCUT2D eigenvalue weighted by atomic mass is 32.2. The molecule has 0 unspecified atom stereocenters. The zero-order chi connectivity index (χ0) is 14.3. The minimum absolute atomic E-state index is 0.0128. The predicted octanol–water partition coefficient (Wildman–Crippen LogP) is 2.24. The van der Waals surface area contributed by atoms with Crippen molar-refractivity contribution in [2.45, 2.75) is 18.6 Å². The van der Waals surface area contributed by atoms with Crippen molar-refractivity contribution < 1.29 is 4.79 Å². The van der Waals surface area contributed by atoms with Gasteiger partial charge < -0.3 is 10.6 Å². The Balaban J connectivity index is 1.94. The molecule has 1 aliphatic rings. The molecule has 0 saturated carbocycles. The molecule has 2 aromatic rings. The third-order valence-electron chi connectivity index (χ3n) is 3.33. The lowest BCUT2D eigenvalue weighted by molar-refractivity contribution is 0.0754. The number of anilines is 1. The molecule has 3 heterocycles. The fourth-order valence-electron chi connectivity index (χ4n) is 2.37. The quantitative estimate of drug-likeness (QED) is 0.874. The maximum Gasteiger partial charge on any atom is 0.266 e. The molecule has 1 aliphatic heterocycles. The number of rotatable bonds is 1. The van der Waals surface area contributed by atoms with Crippen molar-refractivity contribution in [3.63, 3.8) is 0 Å². The van der Waals surface area contributed by atoms with Gasteiger partial charge in [0.1, 0.15) is 9.71 Å². The molecule has 1 saturated heterocycles. The zero-order valence-electron chi connectivity index (χ0n) is 11.4. The van der Waals surface area contributed by atoms with Crippen molar-refractivity contribution in [3.8, 4) is 0 Å². The van der Waals surface area contributed by atoms with E-state index in [-0.39, 0.29) is 10.7 Å². The van der Waals surface area contributed by atoms with Crippen LogP contribution in [0.25, 0.3) is 10.2 Å². The molecule has 1 amide bonds. The maximum absolute atomic E-state index is 12.7. The average Bonchev–Trinajstić information content (AvgIpc) is 2.75. The number of aromatic nitrogens is 2. The fourth-order valence-corrected chi connectivity index (χ4v) is 4.48. The van der Waals surface area contributed by atoms with Gasteiger partial charge in [0.05, 0.1) is 11.9 Å². The van der Waals surface area contributed by atoms with Gasteiger partial charge in [0.2, 0.25) is 0 Å². The minimum Gasteiger partial charge on any atom is -0.397 e. The molecule has 0 spiro atoms. The predicted molar refractivity (Wildman–Crippen MR) is 84.3 cm³/mol. The second kappa shape index (κ2) is 4.89. The summed E-state index contributed by atoms with van der Waals surface area (Å²) in [5, 5.41) is 8.69. The van der Waals surface area contributed by atoms with E-state index in [1.165, 1.54) is 11.3 Å². The van der Waals surface area contributed by atoms with E-state index in [9.17, 15) is 4.79 Å². The monoisotopic (exact) mass is 308 g/mol. The standard InChI is InChI=1S/C13H16N4OS2/c1-13(2)7-17(5-6-19-13)12(18)10-9(14)8-3-4-15-16-11(8)20-10/h3-4H,5-7,14H2,1-2H3. The number of nitrogen functional groups attached to an aromatic ring is 1. The Morgan fingerprint density at radius 2 is 2.30 bits per heavy atom. The van der Waals surface area contributed by atoms with Crippen LogP contribution in [0.3, 0.4) is 0 Å². The number of hydrogen-bond acceptors (Lipinski definition) is 6. The number of thiophene rings is 1. The molecule has 1 fully saturated rings. The molecule has 106 valence electrons. The molecular formula is C13H16N4OS2. The largest absolute Gasteiger partial charge is 0.397 e. The number of hydrogen-bond donors (Lipinski definition) is 1. The van der Waals surface area contributed by atoms with Crippen molar-refractivity contribution in [1.29, 1.82) is 0 Å². The number of carbonyl (C=O) groups is 1. The Bertz CT molecular complexity index is 667. The first kappa shape index (κ1) is 13.6. The van der Waals surface area contributed by atoms with Gasteiger partial charge in [0.25, 0.3) is 5.91 Å². The van der Waals surface area contributed by atoms with Crippen LogP contribution >= 0.6 is 23.1 Å². The molecule has 0 aliphatic carbocycles. The normalized spacial score (nSPS) is 18.4. The number of thioether (sulfide) groups is 1. The molecule has 2 N–H and O–H groups in total. The third kappa shape index (κ3) is 2.35. The van der Waals surface area contributed by atoms with Gasteiger partial charge in [-0.05, 0) is 19.9 Å². The van der Waals surface area contributed by atoms with Crippen molar-refractivity contribution in [2.75, 3.05) is 24.6 Å². The van der Waals surface area contributed by atoms with Gasteiger partial charge in [0.15, 0.2) is 0 Å². The average molecular weight is 308 g/mol. The Morgan fingerprint density at radius 3 is 3.00 bits per heavy atom. The maximum atomic E-state index is 12.7. The van der Waals surface area contributed by atoms with Crippen molar-refractivity contribution in [1.82, 2.24) is 15.1 Å². The molecule has 5 nitrogen and oxygen atoms in total.